The largest absolute Gasteiger partial charge is 0.442 e. The van der Waals surface area contributed by atoms with Crippen LogP contribution in [0.15, 0.2) is 18.5 Å². The molecular formula is C16H16FN5O3. The van der Waals surface area contributed by atoms with Crippen molar-refractivity contribution >= 4 is 17.5 Å². The highest BCUT2D eigenvalue weighted by atomic mass is 19.1. The first-order valence-corrected chi connectivity index (χ1v) is 8.13. The third kappa shape index (κ3) is 1.92. The lowest BCUT2D eigenvalue weighted by Gasteiger charge is -2.19. The number of aromatic nitrogens is 3. The second-order valence-corrected chi connectivity index (χ2v) is 6.67. The van der Waals surface area contributed by atoms with Crippen LogP contribution in [-0.2, 0) is 24.1 Å². The summed E-state index contributed by atoms with van der Waals surface area (Å²) in [6.07, 6.45) is 2.60. The van der Waals surface area contributed by atoms with Crippen LogP contribution in [0.2, 0.25) is 0 Å². The summed E-state index contributed by atoms with van der Waals surface area (Å²) in [4.78, 5) is 15.4. The van der Waals surface area contributed by atoms with Gasteiger partial charge in [0, 0.05) is 25.7 Å². The van der Waals surface area contributed by atoms with E-state index < -0.39 is 18.1 Å². The lowest BCUT2D eigenvalue weighted by atomic mass is 9.98. The average molecular weight is 345 g/mol. The molecular weight excluding hydrogens is 329 g/mol. The molecule has 5 rings (SSSR count). The Morgan fingerprint density at radius 1 is 1.40 bits per heavy atom. The van der Waals surface area contributed by atoms with Crippen LogP contribution in [0.4, 0.5) is 20.6 Å². The lowest BCUT2D eigenvalue weighted by molar-refractivity contribution is 0.117. The molecule has 3 aliphatic heterocycles. The number of benzene rings is 1. The zero-order chi connectivity index (χ0) is 17.3. The second kappa shape index (κ2) is 4.92. The van der Waals surface area contributed by atoms with Gasteiger partial charge in [-0.05, 0) is 17.5 Å². The molecule has 1 N–H and O–H groups in total. The molecule has 3 atom stereocenters. The number of anilines is 2. The molecule has 130 valence electrons. The number of carbonyl (C=O) groups excluding carboxylic acids is 1. The van der Waals surface area contributed by atoms with E-state index in [4.69, 9.17) is 4.74 Å². The molecule has 1 amide bonds. The molecule has 1 unspecified atom stereocenters. The Morgan fingerprint density at radius 2 is 2.24 bits per heavy atom. The van der Waals surface area contributed by atoms with E-state index in [9.17, 15) is 14.3 Å². The van der Waals surface area contributed by atoms with Gasteiger partial charge in [0.15, 0.2) is 0 Å². The van der Waals surface area contributed by atoms with Crippen molar-refractivity contribution in [3.05, 3.63) is 35.4 Å². The van der Waals surface area contributed by atoms with Crippen molar-refractivity contribution in [3.63, 3.8) is 0 Å². The summed E-state index contributed by atoms with van der Waals surface area (Å²) in [5, 5.41) is 17.8. The van der Waals surface area contributed by atoms with Crippen LogP contribution < -0.4 is 9.80 Å². The van der Waals surface area contributed by atoms with E-state index in [0.717, 1.165) is 11.1 Å². The number of rotatable bonds is 2. The first-order valence-electron chi connectivity index (χ1n) is 8.13. The molecule has 1 fully saturated rings. The molecule has 4 heterocycles. The number of aliphatic hydroxyl groups is 1. The fraction of sp³-hybridized carbons (Fsp3) is 0.438. The minimum atomic E-state index is -0.746. The minimum absolute atomic E-state index is 0.208. The minimum Gasteiger partial charge on any atom is -0.442 e. The lowest BCUT2D eigenvalue weighted by Crippen LogP contribution is -2.35. The Morgan fingerprint density at radius 3 is 3.00 bits per heavy atom. The number of hydrogen-bond donors (Lipinski definition) is 1. The fourth-order valence-corrected chi connectivity index (χ4v) is 4.18. The number of likely N-dealkylation sites (N-methyl/N-ethyl adjacent to an activating group) is 1. The van der Waals surface area contributed by atoms with Gasteiger partial charge in [0.25, 0.3) is 0 Å². The number of ether oxygens (including phenoxy) is 1. The number of halogens is 1. The third-order valence-electron chi connectivity index (χ3n) is 5.36. The molecule has 0 radical (unpaired) electrons. The zero-order valence-electron chi connectivity index (χ0n) is 13.5. The van der Waals surface area contributed by atoms with Crippen molar-refractivity contribution in [2.75, 3.05) is 16.8 Å². The molecule has 1 saturated heterocycles. The van der Waals surface area contributed by atoms with Gasteiger partial charge in [-0.3, -0.25) is 4.90 Å². The summed E-state index contributed by atoms with van der Waals surface area (Å²) < 4.78 is 21.7. The van der Waals surface area contributed by atoms with E-state index in [1.165, 1.54) is 11.0 Å². The Hall–Kier alpha value is -2.68. The van der Waals surface area contributed by atoms with Crippen LogP contribution in [0.3, 0.4) is 0 Å². The third-order valence-corrected chi connectivity index (χ3v) is 5.36. The first kappa shape index (κ1) is 14.6. The number of carbonyl (C=O) groups is 1. The summed E-state index contributed by atoms with van der Waals surface area (Å²) in [6.45, 7) is 0.397. The second-order valence-electron chi connectivity index (χ2n) is 6.67. The number of hydrogen-bond acceptors (Lipinski definition) is 6. The van der Waals surface area contributed by atoms with Crippen molar-refractivity contribution in [3.8, 4) is 0 Å². The van der Waals surface area contributed by atoms with Gasteiger partial charge in [-0.2, -0.15) is 0 Å². The molecule has 1 aromatic carbocycles. The van der Waals surface area contributed by atoms with Crippen molar-refractivity contribution in [2.45, 2.75) is 37.8 Å². The zero-order valence-corrected chi connectivity index (χ0v) is 13.5. The molecule has 8 nitrogen and oxygen atoms in total. The van der Waals surface area contributed by atoms with Gasteiger partial charge in [-0.15, -0.1) is 5.10 Å². The van der Waals surface area contributed by atoms with Crippen molar-refractivity contribution in [1.82, 2.24) is 15.0 Å². The highest BCUT2D eigenvalue weighted by molar-refractivity contribution is 5.95. The molecule has 0 aliphatic carbocycles. The van der Waals surface area contributed by atoms with Crippen molar-refractivity contribution < 1.29 is 19.0 Å². The first-order chi connectivity index (χ1) is 12.0. The number of nitrogens with zero attached hydrogens (tertiary/aromatic N) is 5. The van der Waals surface area contributed by atoms with E-state index in [2.05, 4.69) is 10.3 Å². The molecule has 1 aromatic heterocycles. The molecule has 0 saturated carbocycles. The summed E-state index contributed by atoms with van der Waals surface area (Å²) >= 11 is 0. The Balaban J connectivity index is 1.54. The molecule has 0 spiro atoms. The van der Waals surface area contributed by atoms with Crippen LogP contribution in [0, 0.1) is 5.82 Å². The predicted octanol–water partition coefficient (Wildman–Crippen LogP) is 0.678. The standard InChI is InChI=1S/C16H16FN5O3/c1-20-14(23)5-9-8-4-12-13(7-21-3-2-18-19-21)25-16(24)22(12)11(8)6-10(17)15(9)20/h2-3,6,12-14,23H,4-5,7H2,1H3/t12-,13-,14?/m0/s1. The highest BCUT2D eigenvalue weighted by Crippen LogP contribution is 2.47. The topological polar surface area (TPSA) is 83.7 Å². The Kier molecular flexibility index (Phi) is 2.88. The summed E-state index contributed by atoms with van der Waals surface area (Å²) in [5.41, 5.74) is 2.68. The molecule has 25 heavy (non-hydrogen) atoms. The SMILES string of the molecule is CN1c2c(F)cc3c(c2CC1O)C[C@H]1[C@H](Cn2ccnn2)OC(=O)N31. The normalized spacial score (nSPS) is 26.7. The van der Waals surface area contributed by atoms with Crippen LogP contribution in [-0.4, -0.2) is 51.6 Å². The Labute approximate surface area is 142 Å². The summed E-state index contributed by atoms with van der Waals surface area (Å²) in [6, 6.07) is 1.17. The molecule has 9 heteroatoms. The van der Waals surface area contributed by atoms with Crippen LogP contribution in [0.1, 0.15) is 11.1 Å². The molecule has 2 aromatic rings. The summed E-state index contributed by atoms with van der Waals surface area (Å²) in [5.74, 6) is -0.430. The monoisotopic (exact) mass is 345 g/mol. The van der Waals surface area contributed by atoms with Gasteiger partial charge in [0.2, 0.25) is 0 Å². The van der Waals surface area contributed by atoms with Gasteiger partial charge in [-0.1, -0.05) is 5.21 Å². The van der Waals surface area contributed by atoms with E-state index in [1.807, 2.05) is 0 Å². The van der Waals surface area contributed by atoms with E-state index >= 15 is 0 Å². The van der Waals surface area contributed by atoms with Gasteiger partial charge >= 0.3 is 6.09 Å². The van der Waals surface area contributed by atoms with Gasteiger partial charge < -0.3 is 14.7 Å². The van der Waals surface area contributed by atoms with Crippen molar-refractivity contribution in [1.29, 1.82) is 0 Å². The maximum Gasteiger partial charge on any atom is 0.415 e. The fourth-order valence-electron chi connectivity index (χ4n) is 4.18. The average Bonchev–Trinajstić information content (AvgIpc) is 3.30. The predicted molar refractivity (Wildman–Crippen MR) is 84.8 cm³/mol. The molecule has 3 aliphatic rings. The number of cyclic esters (lactones) is 1. The van der Waals surface area contributed by atoms with E-state index in [0.29, 0.717) is 30.8 Å². The van der Waals surface area contributed by atoms with E-state index in [-0.39, 0.29) is 12.1 Å². The number of fused-ring (bicyclic) bond motifs is 5. The van der Waals surface area contributed by atoms with E-state index in [1.54, 1.807) is 29.0 Å². The van der Waals surface area contributed by atoms with Gasteiger partial charge in [-0.25, -0.2) is 13.9 Å². The Bertz CT molecular complexity index is 871. The van der Waals surface area contributed by atoms with Crippen LogP contribution in [0.25, 0.3) is 0 Å². The number of amides is 1. The number of aliphatic hydroxyl groups excluding tert-OH is 1. The van der Waals surface area contributed by atoms with Crippen LogP contribution in [0.5, 0.6) is 0 Å². The maximum absolute atomic E-state index is 14.6. The summed E-state index contributed by atoms with van der Waals surface area (Å²) in [7, 11) is 1.67. The quantitative estimate of drug-likeness (QED) is 0.862. The van der Waals surface area contributed by atoms with Crippen LogP contribution >= 0.6 is 0 Å². The smallest absolute Gasteiger partial charge is 0.415 e. The van der Waals surface area contributed by atoms with Gasteiger partial charge in [0.05, 0.1) is 30.2 Å². The highest BCUT2D eigenvalue weighted by Gasteiger charge is 2.50. The maximum atomic E-state index is 14.6. The van der Waals surface area contributed by atoms with Gasteiger partial charge in [0.1, 0.15) is 18.1 Å². The molecule has 0 bridgehead atoms. The van der Waals surface area contributed by atoms with Crippen molar-refractivity contribution in [2.24, 2.45) is 0 Å².